The molecule has 118 valence electrons. The average molecular weight is 327 g/mol. The van der Waals surface area contributed by atoms with Crippen LogP contribution in [0.15, 0.2) is 35.8 Å². The predicted molar refractivity (Wildman–Crippen MR) is 88.4 cm³/mol. The van der Waals surface area contributed by atoms with E-state index in [1.807, 2.05) is 30.3 Å². The molecule has 6 heteroatoms. The van der Waals surface area contributed by atoms with Crippen molar-refractivity contribution < 1.29 is 9.59 Å². The van der Waals surface area contributed by atoms with E-state index in [0.29, 0.717) is 17.5 Å². The van der Waals surface area contributed by atoms with Crippen molar-refractivity contribution in [1.82, 2.24) is 9.88 Å². The van der Waals surface area contributed by atoms with Crippen molar-refractivity contribution >= 4 is 28.3 Å². The summed E-state index contributed by atoms with van der Waals surface area (Å²) in [6.45, 7) is 2.24. The minimum atomic E-state index is -0.447. The van der Waals surface area contributed by atoms with E-state index in [4.69, 9.17) is 0 Å². The molecular weight excluding hydrogens is 310 g/mol. The van der Waals surface area contributed by atoms with Crippen LogP contribution in [0.5, 0.6) is 0 Å². The minimum absolute atomic E-state index is 0.155. The van der Waals surface area contributed by atoms with Crippen LogP contribution in [0.25, 0.3) is 0 Å². The van der Waals surface area contributed by atoms with Gasteiger partial charge in [-0.05, 0) is 25.3 Å². The Labute approximate surface area is 138 Å². The zero-order valence-corrected chi connectivity index (χ0v) is 13.6. The van der Waals surface area contributed by atoms with Gasteiger partial charge in [-0.1, -0.05) is 30.3 Å². The Hall–Kier alpha value is -2.21. The molecule has 1 saturated heterocycles. The first-order chi connectivity index (χ1) is 11.2. The van der Waals surface area contributed by atoms with Crippen LogP contribution in [0.2, 0.25) is 0 Å². The summed E-state index contributed by atoms with van der Waals surface area (Å²) in [5.41, 5.74) is 3.66. The second-order valence-electron chi connectivity index (χ2n) is 6.06. The zero-order valence-electron chi connectivity index (χ0n) is 12.8. The van der Waals surface area contributed by atoms with Crippen molar-refractivity contribution in [3.63, 3.8) is 0 Å². The Morgan fingerprint density at radius 1 is 1.22 bits per heavy atom. The second-order valence-corrected chi connectivity index (χ2v) is 6.90. The van der Waals surface area contributed by atoms with Gasteiger partial charge in [-0.3, -0.25) is 4.79 Å². The fourth-order valence-corrected chi connectivity index (χ4v) is 3.81. The summed E-state index contributed by atoms with van der Waals surface area (Å²) in [7, 11) is 0. The van der Waals surface area contributed by atoms with Gasteiger partial charge in [0.25, 0.3) is 5.91 Å². The summed E-state index contributed by atoms with van der Waals surface area (Å²) in [5, 5.41) is 0.713. The molecule has 0 radical (unpaired) electrons. The monoisotopic (exact) mass is 327 g/mol. The standard InChI is InChI=1S/C17H17N3O2S/c1-11-15(21)20(16-14(13-7-8-13)18-10-23-16)17(22)19(11)9-12-5-3-2-4-6-12/h2-6,10-11,13H,7-9H2,1H3/t11-/m1/s1. The predicted octanol–water partition coefficient (Wildman–Crippen LogP) is 3.38. The number of urea groups is 1. The van der Waals surface area contributed by atoms with E-state index in [9.17, 15) is 9.59 Å². The maximum absolute atomic E-state index is 12.8. The molecule has 5 nitrogen and oxygen atoms in total. The first kappa shape index (κ1) is 14.4. The van der Waals surface area contributed by atoms with Gasteiger partial charge < -0.3 is 4.90 Å². The molecule has 2 aromatic rings. The van der Waals surface area contributed by atoms with Crippen LogP contribution in [0.1, 0.15) is 36.9 Å². The van der Waals surface area contributed by atoms with Gasteiger partial charge in [-0.25, -0.2) is 14.7 Å². The van der Waals surface area contributed by atoms with Crippen LogP contribution in [-0.4, -0.2) is 27.9 Å². The Morgan fingerprint density at radius 3 is 2.65 bits per heavy atom. The van der Waals surface area contributed by atoms with E-state index in [0.717, 1.165) is 24.1 Å². The summed E-state index contributed by atoms with van der Waals surface area (Å²) in [6, 6.07) is 9.07. The highest BCUT2D eigenvalue weighted by molar-refractivity contribution is 7.14. The molecule has 2 heterocycles. The maximum Gasteiger partial charge on any atom is 0.333 e. The molecule has 1 aliphatic heterocycles. The summed E-state index contributed by atoms with van der Waals surface area (Å²) in [6.07, 6.45) is 2.19. The molecule has 0 bridgehead atoms. The van der Waals surface area contributed by atoms with E-state index >= 15 is 0 Å². The van der Waals surface area contributed by atoms with Gasteiger partial charge in [-0.15, -0.1) is 11.3 Å². The molecule has 0 N–H and O–H groups in total. The van der Waals surface area contributed by atoms with E-state index in [2.05, 4.69) is 4.98 Å². The van der Waals surface area contributed by atoms with Gasteiger partial charge in [0.15, 0.2) is 0 Å². The molecule has 3 amide bonds. The van der Waals surface area contributed by atoms with Crippen LogP contribution in [0, 0.1) is 0 Å². The summed E-state index contributed by atoms with van der Waals surface area (Å²) >= 11 is 1.38. The highest BCUT2D eigenvalue weighted by atomic mass is 32.1. The Kier molecular flexibility index (Phi) is 3.41. The number of hydrogen-bond acceptors (Lipinski definition) is 4. The largest absolute Gasteiger partial charge is 0.333 e. The normalized spacial score (nSPS) is 21.3. The molecule has 1 aromatic carbocycles. The number of benzene rings is 1. The van der Waals surface area contributed by atoms with Crippen molar-refractivity contribution in [3.05, 3.63) is 47.1 Å². The fourth-order valence-electron chi connectivity index (χ4n) is 2.93. The molecule has 1 atom stereocenters. The van der Waals surface area contributed by atoms with Crippen LogP contribution < -0.4 is 4.90 Å². The van der Waals surface area contributed by atoms with Crippen LogP contribution >= 0.6 is 11.3 Å². The molecule has 1 aliphatic carbocycles. The summed E-state index contributed by atoms with van der Waals surface area (Å²) < 4.78 is 0. The highest BCUT2D eigenvalue weighted by Gasteiger charge is 2.46. The van der Waals surface area contributed by atoms with Crippen LogP contribution in [0.4, 0.5) is 9.80 Å². The number of imide groups is 1. The van der Waals surface area contributed by atoms with E-state index < -0.39 is 6.04 Å². The van der Waals surface area contributed by atoms with Gasteiger partial charge in [0.2, 0.25) is 0 Å². The molecule has 1 saturated carbocycles. The minimum Gasteiger partial charge on any atom is -0.308 e. The van der Waals surface area contributed by atoms with Crippen molar-refractivity contribution in [2.75, 3.05) is 4.90 Å². The van der Waals surface area contributed by atoms with Gasteiger partial charge in [-0.2, -0.15) is 0 Å². The average Bonchev–Trinajstić information content (AvgIpc) is 3.27. The van der Waals surface area contributed by atoms with Crippen molar-refractivity contribution in [3.8, 4) is 0 Å². The number of thiazole rings is 1. The summed E-state index contributed by atoms with van der Waals surface area (Å²) in [4.78, 5) is 32.8. The van der Waals surface area contributed by atoms with Crippen molar-refractivity contribution in [1.29, 1.82) is 0 Å². The first-order valence-electron chi connectivity index (χ1n) is 7.78. The number of nitrogens with zero attached hydrogens (tertiary/aromatic N) is 3. The number of anilines is 1. The zero-order chi connectivity index (χ0) is 16.0. The molecule has 1 aromatic heterocycles. The number of aromatic nitrogens is 1. The van der Waals surface area contributed by atoms with Crippen molar-refractivity contribution in [2.45, 2.75) is 38.3 Å². The third-order valence-electron chi connectivity index (χ3n) is 4.42. The molecule has 0 unspecified atom stereocenters. The lowest BCUT2D eigenvalue weighted by Crippen LogP contribution is -2.33. The Morgan fingerprint density at radius 2 is 1.96 bits per heavy atom. The van der Waals surface area contributed by atoms with Crippen LogP contribution in [-0.2, 0) is 11.3 Å². The van der Waals surface area contributed by atoms with E-state index in [1.165, 1.54) is 16.2 Å². The first-order valence-corrected chi connectivity index (χ1v) is 8.66. The third-order valence-corrected chi connectivity index (χ3v) is 5.25. The highest BCUT2D eigenvalue weighted by Crippen LogP contribution is 2.46. The molecule has 4 rings (SSSR count). The molecule has 2 aliphatic rings. The lowest BCUT2D eigenvalue weighted by atomic mass is 10.2. The maximum atomic E-state index is 12.8. The van der Waals surface area contributed by atoms with Gasteiger partial charge in [0.05, 0.1) is 11.2 Å². The topological polar surface area (TPSA) is 53.5 Å². The second kappa shape index (κ2) is 5.45. The smallest absolute Gasteiger partial charge is 0.308 e. The lowest BCUT2D eigenvalue weighted by Gasteiger charge is -2.19. The molecule has 23 heavy (non-hydrogen) atoms. The SMILES string of the molecule is C[C@@H]1C(=O)N(c2scnc2C2CC2)C(=O)N1Cc1ccccc1. The number of carbonyl (C=O) groups excluding carboxylic acids is 2. The Bertz CT molecular complexity index is 754. The number of carbonyl (C=O) groups is 2. The van der Waals surface area contributed by atoms with E-state index in [-0.39, 0.29) is 11.9 Å². The van der Waals surface area contributed by atoms with Gasteiger partial charge in [0, 0.05) is 12.5 Å². The fraction of sp³-hybridized carbons (Fsp3) is 0.353. The molecular formula is C17H17N3O2S. The molecule has 2 fully saturated rings. The number of rotatable bonds is 4. The Balaban J connectivity index is 1.63. The lowest BCUT2D eigenvalue weighted by molar-refractivity contribution is -0.119. The number of amides is 3. The van der Waals surface area contributed by atoms with Crippen LogP contribution in [0.3, 0.4) is 0 Å². The molecule has 0 spiro atoms. The number of hydrogen-bond donors (Lipinski definition) is 0. The van der Waals surface area contributed by atoms with Crippen molar-refractivity contribution in [2.24, 2.45) is 0 Å². The quantitative estimate of drug-likeness (QED) is 0.809. The van der Waals surface area contributed by atoms with E-state index in [1.54, 1.807) is 17.3 Å². The summed E-state index contributed by atoms with van der Waals surface area (Å²) in [5.74, 6) is 0.257. The van der Waals surface area contributed by atoms with Gasteiger partial charge >= 0.3 is 6.03 Å². The van der Waals surface area contributed by atoms with Gasteiger partial charge in [0.1, 0.15) is 11.0 Å². The third kappa shape index (κ3) is 2.43.